The van der Waals surface area contributed by atoms with E-state index in [2.05, 4.69) is 5.32 Å². The largest absolute Gasteiger partial charge is 0.478 e. The maximum Gasteiger partial charge on any atom is 0.337 e. The van der Waals surface area contributed by atoms with Crippen molar-refractivity contribution in [3.05, 3.63) is 54.1 Å². The van der Waals surface area contributed by atoms with Crippen molar-refractivity contribution < 1.29 is 9.90 Å². The zero-order valence-corrected chi connectivity index (χ0v) is 9.05. The third-order valence-corrected chi connectivity index (χ3v) is 2.39. The van der Waals surface area contributed by atoms with E-state index < -0.39 is 5.97 Å². The van der Waals surface area contributed by atoms with Gasteiger partial charge in [-0.15, -0.1) is 0 Å². The molecule has 0 aliphatic carbocycles. The number of carbonyl (C=O) groups is 1. The summed E-state index contributed by atoms with van der Waals surface area (Å²) >= 11 is 0. The molecule has 0 aromatic heterocycles. The fourth-order valence-electron chi connectivity index (χ4n) is 1.54. The molecular weight excluding hydrogens is 216 g/mol. The van der Waals surface area contributed by atoms with Crippen molar-refractivity contribution in [2.24, 2.45) is 0 Å². The number of benzene rings is 2. The van der Waals surface area contributed by atoms with E-state index >= 15 is 0 Å². The maximum absolute atomic E-state index is 10.9. The number of nitrogen functional groups attached to an aromatic ring is 1. The van der Waals surface area contributed by atoms with Crippen molar-refractivity contribution in [3.8, 4) is 0 Å². The van der Waals surface area contributed by atoms with Crippen LogP contribution in [0.3, 0.4) is 0 Å². The third kappa shape index (κ3) is 2.36. The van der Waals surface area contributed by atoms with Crippen LogP contribution in [-0.4, -0.2) is 11.1 Å². The van der Waals surface area contributed by atoms with Gasteiger partial charge in [-0.25, -0.2) is 4.79 Å². The lowest BCUT2D eigenvalue weighted by atomic mass is 10.1. The van der Waals surface area contributed by atoms with Gasteiger partial charge in [-0.1, -0.05) is 24.3 Å². The number of carboxylic acid groups (broad SMARTS) is 1. The van der Waals surface area contributed by atoms with E-state index in [1.165, 1.54) is 6.07 Å². The summed E-state index contributed by atoms with van der Waals surface area (Å²) in [5, 5.41) is 12.0. The van der Waals surface area contributed by atoms with E-state index in [1.54, 1.807) is 12.1 Å². The molecule has 0 atom stereocenters. The maximum atomic E-state index is 10.9. The lowest BCUT2D eigenvalue weighted by molar-refractivity contribution is 0.0698. The van der Waals surface area contributed by atoms with Crippen molar-refractivity contribution in [1.82, 2.24) is 0 Å². The first-order valence-electron chi connectivity index (χ1n) is 5.12. The topological polar surface area (TPSA) is 75.3 Å². The molecule has 0 heterocycles. The quantitative estimate of drug-likeness (QED) is 0.706. The molecule has 4 nitrogen and oxygen atoms in total. The highest BCUT2D eigenvalue weighted by atomic mass is 16.4. The zero-order valence-electron chi connectivity index (χ0n) is 9.05. The Hall–Kier alpha value is -2.49. The molecular formula is C13H12N2O2. The van der Waals surface area contributed by atoms with Crippen molar-refractivity contribution in [1.29, 1.82) is 0 Å². The molecule has 0 saturated heterocycles. The SMILES string of the molecule is Nc1c(Nc2ccccc2)cccc1C(=O)O. The van der Waals surface area contributed by atoms with Gasteiger partial charge in [0.2, 0.25) is 0 Å². The highest BCUT2D eigenvalue weighted by Crippen LogP contribution is 2.26. The lowest BCUT2D eigenvalue weighted by Gasteiger charge is -2.10. The summed E-state index contributed by atoms with van der Waals surface area (Å²) in [4.78, 5) is 10.9. The molecule has 2 rings (SSSR count). The summed E-state index contributed by atoms with van der Waals surface area (Å²) in [6, 6.07) is 14.3. The summed E-state index contributed by atoms with van der Waals surface area (Å²) in [6.07, 6.45) is 0. The monoisotopic (exact) mass is 228 g/mol. The first kappa shape index (κ1) is 11.0. The van der Waals surface area contributed by atoms with Gasteiger partial charge in [0, 0.05) is 5.69 Å². The normalized spacial score (nSPS) is 9.88. The average molecular weight is 228 g/mol. The van der Waals surface area contributed by atoms with Crippen LogP contribution in [0.4, 0.5) is 17.1 Å². The molecule has 0 unspecified atom stereocenters. The van der Waals surface area contributed by atoms with Crippen LogP contribution in [0, 0.1) is 0 Å². The van der Waals surface area contributed by atoms with E-state index in [1.807, 2.05) is 30.3 Å². The number of hydrogen-bond donors (Lipinski definition) is 3. The molecule has 0 fully saturated rings. The van der Waals surface area contributed by atoms with E-state index in [-0.39, 0.29) is 11.3 Å². The first-order chi connectivity index (χ1) is 8.18. The third-order valence-electron chi connectivity index (χ3n) is 2.39. The predicted molar refractivity (Wildman–Crippen MR) is 67.5 cm³/mol. The Balaban J connectivity index is 2.34. The predicted octanol–water partition coefficient (Wildman–Crippen LogP) is 2.71. The van der Waals surface area contributed by atoms with Crippen LogP contribution in [0.15, 0.2) is 48.5 Å². The van der Waals surface area contributed by atoms with Crippen molar-refractivity contribution >= 4 is 23.0 Å². The van der Waals surface area contributed by atoms with Crippen LogP contribution in [0.1, 0.15) is 10.4 Å². The van der Waals surface area contributed by atoms with Gasteiger partial charge in [0.25, 0.3) is 0 Å². The summed E-state index contributed by atoms with van der Waals surface area (Å²) in [6.45, 7) is 0. The average Bonchev–Trinajstić information content (AvgIpc) is 2.33. The highest BCUT2D eigenvalue weighted by Gasteiger charge is 2.10. The van der Waals surface area contributed by atoms with E-state index in [0.717, 1.165) is 5.69 Å². The van der Waals surface area contributed by atoms with Crippen molar-refractivity contribution in [3.63, 3.8) is 0 Å². The molecule has 2 aromatic rings. The molecule has 0 bridgehead atoms. The smallest absolute Gasteiger partial charge is 0.337 e. The van der Waals surface area contributed by atoms with Gasteiger partial charge in [0.15, 0.2) is 0 Å². The zero-order chi connectivity index (χ0) is 12.3. The molecule has 0 spiro atoms. The Bertz CT molecular complexity index is 538. The van der Waals surface area contributed by atoms with Gasteiger partial charge in [-0.2, -0.15) is 0 Å². The van der Waals surface area contributed by atoms with Crippen molar-refractivity contribution in [2.45, 2.75) is 0 Å². The van der Waals surface area contributed by atoms with Crippen LogP contribution >= 0.6 is 0 Å². The Morgan fingerprint density at radius 2 is 1.76 bits per heavy atom. The second-order valence-corrected chi connectivity index (χ2v) is 3.56. The summed E-state index contributed by atoms with van der Waals surface area (Å²) in [5.41, 5.74) is 7.59. The van der Waals surface area contributed by atoms with Gasteiger partial charge in [0.05, 0.1) is 16.9 Å². The number of aromatic carboxylic acids is 1. The summed E-state index contributed by atoms with van der Waals surface area (Å²) in [5.74, 6) is -1.03. The lowest BCUT2D eigenvalue weighted by Crippen LogP contribution is -2.05. The number of anilines is 3. The van der Waals surface area contributed by atoms with Gasteiger partial charge < -0.3 is 16.2 Å². The molecule has 0 radical (unpaired) electrons. The number of nitrogens with one attached hydrogen (secondary N) is 1. The van der Waals surface area contributed by atoms with Crippen molar-refractivity contribution in [2.75, 3.05) is 11.1 Å². The number of rotatable bonds is 3. The summed E-state index contributed by atoms with van der Waals surface area (Å²) < 4.78 is 0. The van der Waals surface area contributed by atoms with E-state index in [0.29, 0.717) is 5.69 Å². The second-order valence-electron chi connectivity index (χ2n) is 3.56. The molecule has 4 N–H and O–H groups in total. The molecule has 86 valence electrons. The molecule has 2 aromatic carbocycles. The standard InChI is InChI=1S/C13H12N2O2/c14-12-10(13(16)17)7-4-8-11(12)15-9-5-2-1-3-6-9/h1-8,15H,14H2,(H,16,17). The number of hydrogen-bond acceptors (Lipinski definition) is 3. The Morgan fingerprint density at radius 3 is 2.41 bits per heavy atom. The van der Waals surface area contributed by atoms with Crippen LogP contribution < -0.4 is 11.1 Å². The molecule has 0 saturated carbocycles. The second kappa shape index (κ2) is 4.57. The van der Waals surface area contributed by atoms with Crippen LogP contribution in [0.5, 0.6) is 0 Å². The molecule has 4 heteroatoms. The fourth-order valence-corrected chi connectivity index (χ4v) is 1.54. The summed E-state index contributed by atoms with van der Waals surface area (Å²) in [7, 11) is 0. The van der Waals surface area contributed by atoms with Crippen LogP contribution in [0.25, 0.3) is 0 Å². The molecule has 17 heavy (non-hydrogen) atoms. The van der Waals surface area contributed by atoms with Crippen LogP contribution in [0.2, 0.25) is 0 Å². The molecule has 0 aliphatic heterocycles. The van der Waals surface area contributed by atoms with Gasteiger partial charge >= 0.3 is 5.97 Å². The van der Waals surface area contributed by atoms with Gasteiger partial charge in [0.1, 0.15) is 0 Å². The minimum atomic E-state index is -1.03. The number of para-hydroxylation sites is 2. The Labute approximate surface area is 98.7 Å². The number of nitrogens with two attached hydrogens (primary N) is 1. The fraction of sp³-hybridized carbons (Fsp3) is 0. The first-order valence-corrected chi connectivity index (χ1v) is 5.12. The Morgan fingerprint density at radius 1 is 1.06 bits per heavy atom. The van der Waals surface area contributed by atoms with Crippen LogP contribution in [-0.2, 0) is 0 Å². The minimum Gasteiger partial charge on any atom is -0.478 e. The Kier molecular flexibility index (Phi) is 2.96. The molecule has 0 amide bonds. The van der Waals surface area contributed by atoms with E-state index in [9.17, 15) is 4.79 Å². The van der Waals surface area contributed by atoms with Gasteiger partial charge in [-0.05, 0) is 24.3 Å². The minimum absolute atomic E-state index is 0.103. The van der Waals surface area contributed by atoms with Gasteiger partial charge in [-0.3, -0.25) is 0 Å². The van der Waals surface area contributed by atoms with E-state index in [4.69, 9.17) is 10.8 Å². The molecule has 0 aliphatic rings. The highest BCUT2D eigenvalue weighted by molar-refractivity contribution is 5.97. The number of carboxylic acids is 1.